The van der Waals surface area contributed by atoms with Crippen molar-refractivity contribution in [2.24, 2.45) is 0 Å². The molecule has 3 rings (SSSR count). The van der Waals surface area contributed by atoms with Crippen molar-refractivity contribution in [3.63, 3.8) is 0 Å². The Hall–Kier alpha value is -3.29. The van der Waals surface area contributed by atoms with E-state index in [1.165, 1.54) is 12.1 Å². The first-order valence-electron chi connectivity index (χ1n) is 6.23. The van der Waals surface area contributed by atoms with E-state index >= 15 is 0 Å². The molecule has 0 aliphatic heterocycles. The molecule has 0 saturated carbocycles. The van der Waals surface area contributed by atoms with E-state index in [0.29, 0.717) is 17.2 Å². The fraction of sp³-hybridized carbons (Fsp3) is 0. The van der Waals surface area contributed by atoms with Gasteiger partial charge in [0.1, 0.15) is 17.2 Å². The van der Waals surface area contributed by atoms with Crippen molar-refractivity contribution in [3.05, 3.63) is 48.5 Å². The number of benzene rings is 1. The van der Waals surface area contributed by atoms with Crippen LogP contribution in [0.2, 0.25) is 0 Å². The molecule has 112 valence electrons. The van der Waals surface area contributed by atoms with Crippen molar-refractivity contribution in [1.82, 2.24) is 9.38 Å². The van der Waals surface area contributed by atoms with Crippen LogP contribution in [0.5, 0.6) is 11.5 Å². The molecule has 1 amide bonds. The second-order valence-electron chi connectivity index (χ2n) is 4.47. The summed E-state index contributed by atoms with van der Waals surface area (Å²) < 4.78 is 21.0. The number of nitrogen functional groups attached to an aromatic ring is 1. The third kappa shape index (κ3) is 2.75. The molecule has 0 atom stereocenters. The molecule has 7 nitrogen and oxygen atoms in total. The number of anilines is 2. The first-order valence-corrected chi connectivity index (χ1v) is 6.23. The van der Waals surface area contributed by atoms with Crippen molar-refractivity contribution < 1.29 is 19.0 Å². The summed E-state index contributed by atoms with van der Waals surface area (Å²) in [5.41, 5.74) is 6.35. The number of nitrogens with one attached hydrogen (secondary N) is 1. The van der Waals surface area contributed by atoms with Crippen LogP contribution in [0.1, 0.15) is 0 Å². The van der Waals surface area contributed by atoms with Gasteiger partial charge in [-0.15, -0.1) is 0 Å². The van der Waals surface area contributed by atoms with Crippen molar-refractivity contribution in [2.75, 3.05) is 11.1 Å². The number of aromatic nitrogens is 2. The molecule has 0 radical (unpaired) electrons. The summed E-state index contributed by atoms with van der Waals surface area (Å²) in [5, 5.41) is 10.6. The molecule has 2 aromatic heterocycles. The lowest BCUT2D eigenvalue weighted by molar-refractivity contribution is 0.209. The average molecular weight is 302 g/mol. The highest BCUT2D eigenvalue weighted by Crippen LogP contribution is 2.27. The maximum atomic E-state index is 13.9. The summed E-state index contributed by atoms with van der Waals surface area (Å²) in [6.07, 6.45) is 1.95. The van der Waals surface area contributed by atoms with Crippen molar-refractivity contribution in [2.45, 2.75) is 0 Å². The van der Waals surface area contributed by atoms with Gasteiger partial charge in [-0.2, -0.15) is 0 Å². The highest BCUT2D eigenvalue weighted by molar-refractivity contribution is 5.82. The first-order chi connectivity index (χ1) is 10.5. The molecular formula is C14H11FN4O3. The molecule has 0 bridgehead atoms. The molecule has 0 saturated heterocycles. The van der Waals surface area contributed by atoms with Crippen molar-refractivity contribution >= 4 is 23.2 Å². The van der Waals surface area contributed by atoms with Crippen LogP contribution in [0.4, 0.5) is 20.7 Å². The quantitative estimate of drug-likeness (QED) is 0.690. The Morgan fingerprint density at radius 1 is 1.32 bits per heavy atom. The number of amides is 1. The summed E-state index contributed by atoms with van der Waals surface area (Å²) >= 11 is 0. The number of hydrogen-bond acceptors (Lipinski definition) is 4. The van der Waals surface area contributed by atoms with Gasteiger partial charge in [-0.05, 0) is 24.3 Å². The van der Waals surface area contributed by atoms with E-state index in [-0.39, 0.29) is 11.4 Å². The summed E-state index contributed by atoms with van der Waals surface area (Å²) in [6, 6.07) is 7.10. The number of fused-ring (bicyclic) bond motifs is 1. The summed E-state index contributed by atoms with van der Waals surface area (Å²) in [7, 11) is 0. The standard InChI is InChI=1S/C14H11FN4O3/c15-10-5-8(17-14(20)21)1-3-11(10)22-9-2-4-13-18-12(16)7-19(13)6-9/h1-7,17H,16H2,(H,20,21). The second-order valence-corrected chi connectivity index (χ2v) is 4.47. The Labute approximate surface area is 123 Å². The van der Waals surface area contributed by atoms with Gasteiger partial charge in [0.05, 0.1) is 12.4 Å². The molecule has 4 N–H and O–H groups in total. The fourth-order valence-electron chi connectivity index (χ4n) is 1.96. The number of hydrogen-bond donors (Lipinski definition) is 3. The van der Waals surface area contributed by atoms with Gasteiger partial charge >= 0.3 is 6.09 Å². The molecule has 2 heterocycles. The van der Waals surface area contributed by atoms with Crippen LogP contribution in [0.3, 0.4) is 0 Å². The third-order valence-corrected chi connectivity index (χ3v) is 2.85. The SMILES string of the molecule is Nc1cn2cc(Oc3ccc(NC(=O)O)cc3F)ccc2n1. The number of nitrogens with zero attached hydrogens (tertiary/aromatic N) is 2. The zero-order chi connectivity index (χ0) is 15.7. The largest absolute Gasteiger partial charge is 0.465 e. The molecule has 8 heteroatoms. The van der Waals surface area contributed by atoms with Crippen LogP contribution >= 0.6 is 0 Å². The van der Waals surface area contributed by atoms with E-state index < -0.39 is 11.9 Å². The van der Waals surface area contributed by atoms with E-state index in [1.54, 1.807) is 28.9 Å². The predicted octanol–water partition coefficient (Wildman–Crippen LogP) is 2.94. The molecule has 0 aliphatic rings. The number of rotatable bonds is 3. The Morgan fingerprint density at radius 2 is 2.14 bits per heavy atom. The van der Waals surface area contributed by atoms with E-state index in [4.69, 9.17) is 15.6 Å². The lowest BCUT2D eigenvalue weighted by Crippen LogP contribution is -2.07. The highest BCUT2D eigenvalue weighted by atomic mass is 19.1. The van der Waals surface area contributed by atoms with Crippen LogP contribution in [0, 0.1) is 5.82 Å². The maximum absolute atomic E-state index is 13.9. The minimum absolute atomic E-state index is 0.0247. The molecule has 22 heavy (non-hydrogen) atoms. The van der Waals surface area contributed by atoms with Crippen molar-refractivity contribution in [3.8, 4) is 11.5 Å². The van der Waals surface area contributed by atoms with Crippen LogP contribution in [0.15, 0.2) is 42.7 Å². The number of ether oxygens (including phenoxy) is 1. The zero-order valence-corrected chi connectivity index (χ0v) is 11.2. The number of carbonyl (C=O) groups is 1. The molecule has 3 aromatic rings. The normalized spacial score (nSPS) is 10.6. The fourth-order valence-corrected chi connectivity index (χ4v) is 1.96. The average Bonchev–Trinajstić information content (AvgIpc) is 2.80. The Bertz CT molecular complexity index is 862. The summed E-state index contributed by atoms with van der Waals surface area (Å²) in [6.45, 7) is 0. The van der Waals surface area contributed by atoms with Gasteiger partial charge in [0.15, 0.2) is 11.6 Å². The summed E-state index contributed by atoms with van der Waals surface area (Å²) in [4.78, 5) is 14.6. The summed E-state index contributed by atoms with van der Waals surface area (Å²) in [5.74, 6) is 0.0510. The van der Waals surface area contributed by atoms with Gasteiger partial charge in [0.25, 0.3) is 0 Å². The highest BCUT2D eigenvalue weighted by Gasteiger charge is 2.08. The Morgan fingerprint density at radius 3 is 2.86 bits per heavy atom. The minimum atomic E-state index is -1.27. The van der Waals surface area contributed by atoms with Crippen LogP contribution in [-0.4, -0.2) is 20.6 Å². The van der Waals surface area contributed by atoms with Gasteiger partial charge in [-0.25, -0.2) is 14.2 Å². The Balaban J connectivity index is 1.86. The van der Waals surface area contributed by atoms with Gasteiger partial charge in [0.2, 0.25) is 0 Å². The zero-order valence-electron chi connectivity index (χ0n) is 11.2. The number of carboxylic acid groups (broad SMARTS) is 1. The lowest BCUT2D eigenvalue weighted by Gasteiger charge is -2.08. The molecule has 0 spiro atoms. The van der Waals surface area contributed by atoms with Crippen LogP contribution < -0.4 is 15.8 Å². The lowest BCUT2D eigenvalue weighted by atomic mass is 10.3. The molecular weight excluding hydrogens is 291 g/mol. The molecule has 1 aromatic carbocycles. The molecule has 0 unspecified atom stereocenters. The first kappa shape index (κ1) is 13.7. The maximum Gasteiger partial charge on any atom is 0.409 e. The number of halogens is 1. The van der Waals surface area contributed by atoms with Gasteiger partial charge in [0, 0.05) is 11.8 Å². The minimum Gasteiger partial charge on any atom is -0.465 e. The topological polar surface area (TPSA) is 102 Å². The van der Waals surface area contributed by atoms with E-state index in [0.717, 1.165) is 6.07 Å². The Kier molecular flexibility index (Phi) is 3.26. The molecule has 0 fully saturated rings. The van der Waals surface area contributed by atoms with Crippen molar-refractivity contribution in [1.29, 1.82) is 0 Å². The van der Waals surface area contributed by atoms with Gasteiger partial charge in [-0.1, -0.05) is 0 Å². The van der Waals surface area contributed by atoms with E-state index in [9.17, 15) is 9.18 Å². The third-order valence-electron chi connectivity index (χ3n) is 2.85. The number of nitrogens with two attached hydrogens (primary N) is 1. The number of pyridine rings is 1. The smallest absolute Gasteiger partial charge is 0.409 e. The van der Waals surface area contributed by atoms with E-state index in [1.807, 2.05) is 0 Å². The van der Waals surface area contributed by atoms with E-state index in [2.05, 4.69) is 10.3 Å². The van der Waals surface area contributed by atoms with Crippen LogP contribution in [0.25, 0.3) is 5.65 Å². The van der Waals surface area contributed by atoms with Crippen LogP contribution in [-0.2, 0) is 0 Å². The second kappa shape index (κ2) is 5.24. The van der Waals surface area contributed by atoms with Gasteiger partial charge < -0.3 is 20.0 Å². The monoisotopic (exact) mass is 302 g/mol. The predicted molar refractivity (Wildman–Crippen MR) is 77.7 cm³/mol. The molecule has 0 aliphatic carbocycles. The number of imidazole rings is 1. The van der Waals surface area contributed by atoms with Gasteiger partial charge in [-0.3, -0.25) is 5.32 Å².